The maximum Gasteiger partial charge on any atom is 0.261 e. The van der Waals surface area contributed by atoms with Crippen molar-refractivity contribution < 1.29 is 17.6 Å². The zero-order valence-electron chi connectivity index (χ0n) is 16.1. The standard InChI is InChI=1S/C22H21FN2O3S/c1-16-9-11-21(12-10-16)29(27,28)24-20-8-4-6-18(14-20)22(26)25(2)15-17-5-3-7-19(23)13-17/h3-14,24H,15H2,1-2H3. The van der Waals surface area contributed by atoms with Gasteiger partial charge in [0.15, 0.2) is 0 Å². The highest BCUT2D eigenvalue weighted by Gasteiger charge is 2.16. The average molecular weight is 412 g/mol. The summed E-state index contributed by atoms with van der Waals surface area (Å²) < 4.78 is 41.0. The van der Waals surface area contributed by atoms with Gasteiger partial charge in [-0.3, -0.25) is 9.52 Å². The van der Waals surface area contributed by atoms with Crippen LogP contribution in [0.4, 0.5) is 10.1 Å². The van der Waals surface area contributed by atoms with Gasteiger partial charge in [0.25, 0.3) is 15.9 Å². The van der Waals surface area contributed by atoms with Crippen LogP contribution in [0.2, 0.25) is 0 Å². The molecule has 0 aliphatic rings. The molecule has 0 spiro atoms. The summed E-state index contributed by atoms with van der Waals surface area (Å²) in [5.74, 6) is -0.665. The molecule has 7 heteroatoms. The third-order valence-corrected chi connectivity index (χ3v) is 5.75. The predicted octanol–water partition coefficient (Wildman–Crippen LogP) is 4.21. The maximum absolute atomic E-state index is 13.3. The molecule has 0 atom stereocenters. The van der Waals surface area contributed by atoms with Gasteiger partial charge in [0.2, 0.25) is 0 Å². The smallest absolute Gasteiger partial charge is 0.261 e. The van der Waals surface area contributed by atoms with E-state index in [-0.39, 0.29) is 28.9 Å². The van der Waals surface area contributed by atoms with Gasteiger partial charge in [-0.15, -0.1) is 0 Å². The van der Waals surface area contributed by atoms with E-state index < -0.39 is 10.0 Å². The van der Waals surface area contributed by atoms with Gasteiger partial charge in [0.1, 0.15) is 5.82 Å². The lowest BCUT2D eigenvalue weighted by Gasteiger charge is -2.18. The molecule has 0 saturated carbocycles. The van der Waals surface area contributed by atoms with Gasteiger partial charge in [-0.1, -0.05) is 35.9 Å². The lowest BCUT2D eigenvalue weighted by Crippen LogP contribution is -2.26. The molecule has 3 aromatic rings. The number of amides is 1. The van der Waals surface area contributed by atoms with E-state index in [9.17, 15) is 17.6 Å². The van der Waals surface area contributed by atoms with E-state index in [2.05, 4.69) is 4.72 Å². The second kappa shape index (κ2) is 8.45. The number of aryl methyl sites for hydroxylation is 1. The summed E-state index contributed by atoms with van der Waals surface area (Å²) in [4.78, 5) is 14.3. The Bertz CT molecular complexity index is 1130. The first kappa shape index (κ1) is 20.5. The van der Waals surface area contributed by atoms with Gasteiger partial charge in [-0.2, -0.15) is 0 Å². The number of carbonyl (C=O) groups excluding carboxylic acids is 1. The van der Waals surface area contributed by atoms with Gasteiger partial charge in [-0.05, 0) is 55.0 Å². The fourth-order valence-corrected chi connectivity index (χ4v) is 3.90. The van der Waals surface area contributed by atoms with Gasteiger partial charge in [0.05, 0.1) is 4.90 Å². The molecule has 0 heterocycles. The minimum Gasteiger partial charge on any atom is -0.337 e. The third-order valence-electron chi connectivity index (χ3n) is 4.35. The summed E-state index contributed by atoms with van der Waals surface area (Å²) in [6.07, 6.45) is 0. The second-order valence-electron chi connectivity index (χ2n) is 6.79. The molecule has 0 aliphatic heterocycles. The van der Waals surface area contributed by atoms with Crippen molar-refractivity contribution in [2.45, 2.75) is 18.4 Å². The molecule has 150 valence electrons. The molecular formula is C22H21FN2O3S. The monoisotopic (exact) mass is 412 g/mol. The Kier molecular flexibility index (Phi) is 5.98. The van der Waals surface area contributed by atoms with Crippen LogP contribution in [0.5, 0.6) is 0 Å². The molecule has 5 nitrogen and oxygen atoms in total. The molecular weight excluding hydrogens is 391 g/mol. The Hall–Kier alpha value is -3.19. The maximum atomic E-state index is 13.3. The summed E-state index contributed by atoms with van der Waals surface area (Å²) >= 11 is 0. The van der Waals surface area contributed by atoms with Crippen LogP contribution >= 0.6 is 0 Å². The molecule has 0 radical (unpaired) electrons. The molecule has 0 aromatic heterocycles. The van der Waals surface area contributed by atoms with Crippen molar-refractivity contribution in [2.24, 2.45) is 0 Å². The van der Waals surface area contributed by atoms with E-state index in [1.54, 1.807) is 49.5 Å². The number of benzene rings is 3. The number of nitrogens with zero attached hydrogens (tertiary/aromatic N) is 1. The minimum absolute atomic E-state index is 0.142. The van der Waals surface area contributed by atoms with Crippen LogP contribution in [0.1, 0.15) is 21.5 Å². The Morgan fingerprint density at radius 1 is 1.00 bits per heavy atom. The van der Waals surface area contributed by atoms with E-state index in [4.69, 9.17) is 0 Å². The first-order valence-electron chi connectivity index (χ1n) is 8.94. The minimum atomic E-state index is -3.76. The molecule has 1 N–H and O–H groups in total. The predicted molar refractivity (Wildman–Crippen MR) is 111 cm³/mol. The molecule has 0 fully saturated rings. The van der Waals surface area contributed by atoms with E-state index in [1.807, 2.05) is 6.92 Å². The quantitative estimate of drug-likeness (QED) is 0.660. The summed E-state index contributed by atoms with van der Waals surface area (Å²) in [6.45, 7) is 2.11. The molecule has 3 rings (SSSR count). The van der Waals surface area contributed by atoms with Crippen molar-refractivity contribution >= 4 is 21.6 Å². The van der Waals surface area contributed by atoms with Crippen LogP contribution in [-0.2, 0) is 16.6 Å². The summed E-state index contributed by atoms with van der Waals surface area (Å²) in [5, 5.41) is 0. The Balaban J connectivity index is 1.76. The lowest BCUT2D eigenvalue weighted by atomic mass is 10.1. The van der Waals surface area contributed by atoms with E-state index in [0.717, 1.165) is 5.56 Å². The first-order valence-corrected chi connectivity index (χ1v) is 10.4. The SMILES string of the molecule is Cc1ccc(S(=O)(=O)Nc2cccc(C(=O)N(C)Cc3cccc(F)c3)c2)cc1. The number of hydrogen-bond acceptors (Lipinski definition) is 3. The number of anilines is 1. The molecule has 1 amide bonds. The van der Waals surface area contributed by atoms with Crippen LogP contribution in [0, 0.1) is 12.7 Å². The molecule has 0 unspecified atom stereocenters. The molecule has 3 aromatic carbocycles. The average Bonchev–Trinajstić information content (AvgIpc) is 2.67. The zero-order chi connectivity index (χ0) is 21.0. The van der Waals surface area contributed by atoms with Crippen molar-refractivity contribution in [1.29, 1.82) is 0 Å². The van der Waals surface area contributed by atoms with Crippen molar-refractivity contribution in [3.05, 3.63) is 95.3 Å². The Morgan fingerprint density at radius 2 is 1.69 bits per heavy atom. The largest absolute Gasteiger partial charge is 0.337 e. The van der Waals surface area contributed by atoms with Crippen LogP contribution in [-0.4, -0.2) is 26.3 Å². The molecule has 29 heavy (non-hydrogen) atoms. The van der Waals surface area contributed by atoms with E-state index >= 15 is 0 Å². The normalized spacial score (nSPS) is 11.1. The van der Waals surface area contributed by atoms with Gasteiger partial charge in [-0.25, -0.2) is 12.8 Å². The van der Waals surface area contributed by atoms with Gasteiger partial charge >= 0.3 is 0 Å². The first-order chi connectivity index (χ1) is 13.7. The van der Waals surface area contributed by atoms with Crippen LogP contribution in [0.3, 0.4) is 0 Å². The summed E-state index contributed by atoms with van der Waals surface area (Å²) in [6, 6.07) is 18.8. The number of halogens is 1. The fraction of sp³-hybridized carbons (Fsp3) is 0.136. The highest BCUT2D eigenvalue weighted by Crippen LogP contribution is 2.19. The summed E-state index contributed by atoms with van der Waals surface area (Å²) in [7, 11) is -2.16. The number of nitrogens with one attached hydrogen (secondary N) is 1. The number of hydrogen-bond donors (Lipinski definition) is 1. The third kappa shape index (κ3) is 5.20. The molecule has 0 saturated heterocycles. The van der Waals surface area contributed by atoms with Crippen molar-refractivity contribution in [2.75, 3.05) is 11.8 Å². The Labute approximate surface area is 169 Å². The van der Waals surface area contributed by atoms with Crippen molar-refractivity contribution in [3.8, 4) is 0 Å². The topological polar surface area (TPSA) is 66.5 Å². The van der Waals surface area contributed by atoms with Gasteiger partial charge < -0.3 is 4.90 Å². The van der Waals surface area contributed by atoms with Crippen molar-refractivity contribution in [3.63, 3.8) is 0 Å². The van der Waals surface area contributed by atoms with Crippen LogP contribution in [0.25, 0.3) is 0 Å². The lowest BCUT2D eigenvalue weighted by molar-refractivity contribution is 0.0785. The number of carbonyl (C=O) groups is 1. The molecule has 0 aliphatic carbocycles. The van der Waals surface area contributed by atoms with Gasteiger partial charge in [0, 0.05) is 24.8 Å². The van der Waals surface area contributed by atoms with Crippen LogP contribution < -0.4 is 4.72 Å². The Morgan fingerprint density at radius 3 is 2.38 bits per heavy atom. The number of sulfonamides is 1. The van der Waals surface area contributed by atoms with Crippen molar-refractivity contribution in [1.82, 2.24) is 4.90 Å². The fourth-order valence-electron chi connectivity index (χ4n) is 2.85. The second-order valence-corrected chi connectivity index (χ2v) is 8.47. The van der Waals surface area contributed by atoms with E-state index in [0.29, 0.717) is 11.1 Å². The zero-order valence-corrected chi connectivity index (χ0v) is 16.9. The highest BCUT2D eigenvalue weighted by atomic mass is 32.2. The highest BCUT2D eigenvalue weighted by molar-refractivity contribution is 7.92. The molecule has 0 bridgehead atoms. The summed E-state index contributed by atoms with van der Waals surface area (Å²) in [5.41, 5.74) is 2.23. The van der Waals surface area contributed by atoms with Crippen LogP contribution in [0.15, 0.2) is 77.7 Å². The number of rotatable bonds is 6. The van der Waals surface area contributed by atoms with E-state index in [1.165, 1.54) is 35.2 Å².